The van der Waals surface area contributed by atoms with Gasteiger partial charge < -0.3 is 5.32 Å². The Morgan fingerprint density at radius 1 is 1.21 bits per heavy atom. The molecule has 1 aromatic heterocycles. The Bertz CT molecular complexity index is 521. The Morgan fingerprint density at radius 3 is 2.68 bits per heavy atom. The number of nitrogens with one attached hydrogen (secondary N) is 2. The van der Waals surface area contributed by atoms with Gasteiger partial charge in [0.15, 0.2) is 0 Å². The Morgan fingerprint density at radius 2 is 1.95 bits per heavy atom. The van der Waals surface area contributed by atoms with Gasteiger partial charge in [0.05, 0.1) is 11.9 Å². The van der Waals surface area contributed by atoms with Gasteiger partial charge in [-0.15, -0.1) is 0 Å². The fourth-order valence-corrected chi connectivity index (χ4v) is 2.80. The van der Waals surface area contributed by atoms with E-state index in [9.17, 15) is 0 Å². The van der Waals surface area contributed by atoms with Crippen molar-refractivity contribution in [3.05, 3.63) is 41.6 Å². The summed E-state index contributed by atoms with van der Waals surface area (Å²) in [5.41, 5.74) is 4.90. The first-order valence-electron chi connectivity index (χ1n) is 7.15. The van der Waals surface area contributed by atoms with Crippen LogP contribution in [0.15, 0.2) is 30.5 Å². The zero-order valence-corrected chi connectivity index (χ0v) is 11.4. The van der Waals surface area contributed by atoms with Gasteiger partial charge in [0.25, 0.3) is 0 Å². The van der Waals surface area contributed by atoms with Gasteiger partial charge in [-0.1, -0.05) is 42.7 Å². The molecular formula is C16H21N3. The summed E-state index contributed by atoms with van der Waals surface area (Å²) >= 11 is 0. The van der Waals surface area contributed by atoms with Crippen LogP contribution in [-0.2, 0) is 6.54 Å². The largest absolute Gasteiger partial charge is 0.310 e. The van der Waals surface area contributed by atoms with Crippen molar-refractivity contribution in [2.24, 2.45) is 0 Å². The van der Waals surface area contributed by atoms with Crippen molar-refractivity contribution < 1.29 is 0 Å². The molecule has 19 heavy (non-hydrogen) atoms. The number of aromatic nitrogens is 2. The van der Waals surface area contributed by atoms with E-state index in [1.54, 1.807) is 0 Å². The monoisotopic (exact) mass is 255 g/mol. The van der Waals surface area contributed by atoms with Gasteiger partial charge >= 0.3 is 0 Å². The Hall–Kier alpha value is -1.61. The number of hydrogen-bond donors (Lipinski definition) is 2. The summed E-state index contributed by atoms with van der Waals surface area (Å²) in [7, 11) is 0. The van der Waals surface area contributed by atoms with Crippen molar-refractivity contribution >= 4 is 0 Å². The number of H-pyrrole nitrogens is 1. The average Bonchev–Trinajstić information content (AvgIpc) is 3.08. The number of hydrogen-bond acceptors (Lipinski definition) is 2. The van der Waals surface area contributed by atoms with Crippen LogP contribution in [0.1, 0.15) is 36.8 Å². The molecule has 1 aromatic carbocycles. The minimum atomic E-state index is 0.695. The summed E-state index contributed by atoms with van der Waals surface area (Å²) < 4.78 is 0. The first-order chi connectivity index (χ1) is 9.33. The third-order valence-corrected chi connectivity index (χ3v) is 3.99. The predicted molar refractivity (Wildman–Crippen MR) is 77.9 cm³/mol. The lowest BCUT2D eigenvalue weighted by Crippen LogP contribution is -2.25. The van der Waals surface area contributed by atoms with Gasteiger partial charge in [-0.05, 0) is 25.3 Å². The standard InChI is InChI=1S/C16H21N3/c1-12-6-8-13(9-7-12)16-14(11-18-19-16)10-17-15-4-2-3-5-15/h6-9,11,15,17H,2-5,10H2,1H3,(H,18,19). The molecule has 3 heteroatoms. The van der Waals surface area contributed by atoms with Crippen LogP contribution in [0.3, 0.4) is 0 Å². The summed E-state index contributed by atoms with van der Waals surface area (Å²) in [4.78, 5) is 0. The van der Waals surface area contributed by atoms with Crippen molar-refractivity contribution in [3.8, 4) is 11.3 Å². The average molecular weight is 255 g/mol. The first-order valence-corrected chi connectivity index (χ1v) is 7.15. The number of aryl methyl sites for hydroxylation is 1. The van der Waals surface area contributed by atoms with Crippen LogP contribution >= 0.6 is 0 Å². The van der Waals surface area contributed by atoms with E-state index in [2.05, 4.69) is 46.7 Å². The predicted octanol–water partition coefficient (Wildman–Crippen LogP) is 3.42. The van der Waals surface area contributed by atoms with Gasteiger partial charge in [0, 0.05) is 18.2 Å². The molecule has 1 saturated carbocycles. The SMILES string of the molecule is Cc1ccc(-c2[nH]ncc2CNC2CCCC2)cc1. The molecule has 1 heterocycles. The van der Waals surface area contributed by atoms with E-state index in [0.717, 1.165) is 12.2 Å². The molecule has 0 saturated heterocycles. The molecule has 0 aliphatic heterocycles. The van der Waals surface area contributed by atoms with Gasteiger partial charge in [-0.3, -0.25) is 5.10 Å². The van der Waals surface area contributed by atoms with Crippen molar-refractivity contribution in [1.82, 2.24) is 15.5 Å². The Labute approximate surface area is 114 Å². The highest BCUT2D eigenvalue weighted by Crippen LogP contribution is 2.23. The van der Waals surface area contributed by atoms with E-state index in [0.29, 0.717) is 6.04 Å². The molecule has 1 fully saturated rings. The van der Waals surface area contributed by atoms with E-state index < -0.39 is 0 Å². The Kier molecular flexibility index (Phi) is 3.65. The van der Waals surface area contributed by atoms with Gasteiger partial charge in [-0.2, -0.15) is 5.10 Å². The van der Waals surface area contributed by atoms with Crippen molar-refractivity contribution in [3.63, 3.8) is 0 Å². The van der Waals surface area contributed by atoms with Crippen LogP contribution in [-0.4, -0.2) is 16.2 Å². The molecular weight excluding hydrogens is 234 g/mol. The van der Waals surface area contributed by atoms with Crippen LogP contribution in [0.5, 0.6) is 0 Å². The van der Waals surface area contributed by atoms with Crippen LogP contribution in [0.4, 0.5) is 0 Å². The lowest BCUT2D eigenvalue weighted by atomic mass is 10.1. The lowest BCUT2D eigenvalue weighted by Gasteiger charge is -2.11. The third-order valence-electron chi connectivity index (χ3n) is 3.99. The van der Waals surface area contributed by atoms with E-state index in [4.69, 9.17) is 0 Å². The molecule has 0 atom stereocenters. The van der Waals surface area contributed by atoms with E-state index in [-0.39, 0.29) is 0 Å². The summed E-state index contributed by atoms with van der Waals surface area (Å²) in [5, 5.41) is 11.0. The molecule has 0 unspecified atom stereocenters. The second-order valence-electron chi connectivity index (χ2n) is 5.50. The van der Waals surface area contributed by atoms with E-state index in [1.807, 2.05) is 6.20 Å². The minimum absolute atomic E-state index is 0.695. The van der Waals surface area contributed by atoms with Crippen LogP contribution in [0.25, 0.3) is 11.3 Å². The third kappa shape index (κ3) is 2.87. The van der Waals surface area contributed by atoms with Crippen LogP contribution < -0.4 is 5.32 Å². The van der Waals surface area contributed by atoms with E-state index in [1.165, 1.54) is 42.4 Å². The maximum Gasteiger partial charge on any atom is 0.0695 e. The maximum atomic E-state index is 4.20. The molecule has 2 N–H and O–H groups in total. The molecule has 0 radical (unpaired) electrons. The van der Waals surface area contributed by atoms with Crippen molar-refractivity contribution in [2.75, 3.05) is 0 Å². The minimum Gasteiger partial charge on any atom is -0.310 e. The zero-order valence-electron chi connectivity index (χ0n) is 11.4. The second-order valence-corrected chi connectivity index (χ2v) is 5.50. The highest BCUT2D eigenvalue weighted by atomic mass is 15.1. The van der Waals surface area contributed by atoms with Gasteiger partial charge in [-0.25, -0.2) is 0 Å². The topological polar surface area (TPSA) is 40.7 Å². The van der Waals surface area contributed by atoms with Crippen LogP contribution in [0, 0.1) is 6.92 Å². The van der Waals surface area contributed by atoms with Crippen molar-refractivity contribution in [1.29, 1.82) is 0 Å². The summed E-state index contributed by atoms with van der Waals surface area (Å²) in [5.74, 6) is 0. The Balaban J connectivity index is 1.72. The van der Waals surface area contributed by atoms with Gasteiger partial charge in [0.2, 0.25) is 0 Å². The lowest BCUT2D eigenvalue weighted by molar-refractivity contribution is 0.525. The summed E-state index contributed by atoms with van der Waals surface area (Å²) in [6, 6.07) is 9.29. The molecule has 3 rings (SSSR count). The summed E-state index contributed by atoms with van der Waals surface area (Å²) in [6.45, 7) is 3.02. The molecule has 0 amide bonds. The quantitative estimate of drug-likeness (QED) is 0.879. The molecule has 100 valence electrons. The number of rotatable bonds is 4. The molecule has 1 aliphatic rings. The molecule has 2 aromatic rings. The number of benzene rings is 1. The van der Waals surface area contributed by atoms with Crippen molar-refractivity contribution in [2.45, 2.75) is 45.2 Å². The normalized spacial score (nSPS) is 16.1. The maximum absolute atomic E-state index is 4.20. The molecule has 0 spiro atoms. The number of aromatic amines is 1. The first kappa shape index (κ1) is 12.4. The van der Waals surface area contributed by atoms with Crippen LogP contribution in [0.2, 0.25) is 0 Å². The smallest absolute Gasteiger partial charge is 0.0695 e. The number of nitrogens with zero attached hydrogens (tertiary/aromatic N) is 1. The fourth-order valence-electron chi connectivity index (χ4n) is 2.80. The second kappa shape index (κ2) is 5.57. The fraction of sp³-hybridized carbons (Fsp3) is 0.438. The highest BCUT2D eigenvalue weighted by Gasteiger charge is 2.15. The molecule has 0 bridgehead atoms. The van der Waals surface area contributed by atoms with E-state index >= 15 is 0 Å². The summed E-state index contributed by atoms with van der Waals surface area (Å²) in [6.07, 6.45) is 7.31. The zero-order chi connectivity index (χ0) is 13.1. The molecule has 1 aliphatic carbocycles. The molecule has 3 nitrogen and oxygen atoms in total. The van der Waals surface area contributed by atoms with Gasteiger partial charge in [0.1, 0.15) is 0 Å². The highest BCUT2D eigenvalue weighted by molar-refractivity contribution is 5.62.